The van der Waals surface area contributed by atoms with Crippen LogP contribution in [0.2, 0.25) is 0 Å². The fourth-order valence-corrected chi connectivity index (χ4v) is 2.20. The Bertz CT molecular complexity index is 634. The van der Waals surface area contributed by atoms with E-state index >= 15 is 0 Å². The zero-order chi connectivity index (χ0) is 16.7. The number of nitrogens with zero attached hydrogens (tertiary/aromatic N) is 4. The van der Waals surface area contributed by atoms with Crippen LogP contribution >= 0.6 is 24.0 Å². The first kappa shape index (κ1) is 20.2. The maximum atomic E-state index is 5.75. The standard InChI is InChI=1S/C18H24N4O.HI/c1-21(2)18(22(3)4)20-13-16-10-11-19-17(12-16)23-14-15-8-6-5-7-9-15;/h5-12H,13-14H2,1-4H3;1H. The smallest absolute Gasteiger partial charge is 0.213 e. The number of ether oxygens (including phenoxy) is 1. The van der Waals surface area contributed by atoms with E-state index in [1.807, 2.05) is 80.5 Å². The highest BCUT2D eigenvalue weighted by atomic mass is 127. The molecule has 1 heterocycles. The molecular weight excluding hydrogens is 415 g/mol. The molecule has 0 radical (unpaired) electrons. The summed E-state index contributed by atoms with van der Waals surface area (Å²) in [5.41, 5.74) is 2.20. The summed E-state index contributed by atoms with van der Waals surface area (Å²) in [5.74, 6) is 1.55. The second-order valence-electron chi connectivity index (χ2n) is 5.68. The van der Waals surface area contributed by atoms with Crippen LogP contribution in [0.4, 0.5) is 0 Å². The van der Waals surface area contributed by atoms with Crippen LogP contribution in [0.15, 0.2) is 53.7 Å². The van der Waals surface area contributed by atoms with E-state index in [-0.39, 0.29) is 24.0 Å². The van der Waals surface area contributed by atoms with E-state index in [1.165, 1.54) is 0 Å². The van der Waals surface area contributed by atoms with E-state index in [0.717, 1.165) is 17.1 Å². The molecule has 1 aromatic carbocycles. The van der Waals surface area contributed by atoms with Gasteiger partial charge in [0.05, 0.1) is 6.54 Å². The highest BCUT2D eigenvalue weighted by Crippen LogP contribution is 2.13. The molecule has 0 fully saturated rings. The third kappa shape index (κ3) is 6.35. The predicted molar refractivity (Wildman–Crippen MR) is 109 cm³/mol. The molecule has 0 bridgehead atoms. The van der Waals surface area contributed by atoms with Crippen molar-refractivity contribution in [3.8, 4) is 5.88 Å². The Labute approximate surface area is 161 Å². The lowest BCUT2D eigenvalue weighted by Crippen LogP contribution is -2.35. The van der Waals surface area contributed by atoms with Crippen molar-refractivity contribution in [1.82, 2.24) is 14.8 Å². The maximum Gasteiger partial charge on any atom is 0.213 e. The van der Waals surface area contributed by atoms with Gasteiger partial charge in [-0.2, -0.15) is 0 Å². The molecule has 5 nitrogen and oxygen atoms in total. The van der Waals surface area contributed by atoms with Gasteiger partial charge in [-0.15, -0.1) is 24.0 Å². The van der Waals surface area contributed by atoms with Crippen LogP contribution in [0, 0.1) is 0 Å². The molecule has 0 aliphatic heterocycles. The lowest BCUT2D eigenvalue weighted by atomic mass is 10.2. The van der Waals surface area contributed by atoms with Crippen molar-refractivity contribution in [1.29, 1.82) is 0 Å². The second-order valence-corrected chi connectivity index (χ2v) is 5.68. The second kappa shape index (κ2) is 10.1. The number of rotatable bonds is 5. The van der Waals surface area contributed by atoms with Crippen LogP contribution in [0.1, 0.15) is 11.1 Å². The Kier molecular flexibility index (Phi) is 8.53. The number of guanidine groups is 1. The van der Waals surface area contributed by atoms with E-state index in [0.29, 0.717) is 19.0 Å². The molecule has 6 heteroatoms. The van der Waals surface area contributed by atoms with Crippen molar-refractivity contribution in [3.05, 3.63) is 59.8 Å². The molecule has 24 heavy (non-hydrogen) atoms. The number of halogens is 1. The van der Waals surface area contributed by atoms with E-state index in [1.54, 1.807) is 6.20 Å². The summed E-state index contributed by atoms with van der Waals surface area (Å²) in [6.07, 6.45) is 1.76. The third-order valence-electron chi connectivity index (χ3n) is 3.23. The van der Waals surface area contributed by atoms with Gasteiger partial charge in [0.2, 0.25) is 5.88 Å². The van der Waals surface area contributed by atoms with Gasteiger partial charge in [-0.1, -0.05) is 30.3 Å². The first-order chi connectivity index (χ1) is 11.1. The monoisotopic (exact) mass is 440 g/mol. The van der Waals surface area contributed by atoms with Crippen molar-refractivity contribution >= 4 is 29.9 Å². The molecule has 0 amide bonds. The van der Waals surface area contributed by atoms with Crippen molar-refractivity contribution in [2.75, 3.05) is 28.2 Å². The molecule has 130 valence electrons. The van der Waals surface area contributed by atoms with Crippen LogP contribution in [0.3, 0.4) is 0 Å². The summed E-state index contributed by atoms with van der Waals surface area (Å²) < 4.78 is 5.75. The Balaban J connectivity index is 0.00000288. The zero-order valence-corrected chi connectivity index (χ0v) is 17.0. The van der Waals surface area contributed by atoms with Gasteiger partial charge in [0.15, 0.2) is 5.96 Å². The summed E-state index contributed by atoms with van der Waals surface area (Å²) in [5, 5.41) is 0. The molecule has 0 N–H and O–H groups in total. The van der Waals surface area contributed by atoms with Crippen molar-refractivity contribution in [3.63, 3.8) is 0 Å². The number of aromatic nitrogens is 1. The Morgan fingerprint density at radius 1 is 1.00 bits per heavy atom. The van der Waals surface area contributed by atoms with Crippen molar-refractivity contribution in [2.45, 2.75) is 13.2 Å². The summed E-state index contributed by atoms with van der Waals surface area (Å²) in [4.78, 5) is 12.9. The molecule has 2 aromatic rings. The maximum absolute atomic E-state index is 5.75. The summed E-state index contributed by atoms with van der Waals surface area (Å²) in [6.45, 7) is 1.11. The van der Waals surface area contributed by atoms with Gasteiger partial charge >= 0.3 is 0 Å². The molecule has 0 atom stereocenters. The van der Waals surface area contributed by atoms with Gasteiger partial charge < -0.3 is 14.5 Å². The molecule has 0 spiro atoms. The van der Waals surface area contributed by atoms with E-state index in [9.17, 15) is 0 Å². The fraction of sp³-hybridized carbons (Fsp3) is 0.333. The average Bonchev–Trinajstić information content (AvgIpc) is 2.54. The summed E-state index contributed by atoms with van der Waals surface area (Å²) in [6, 6.07) is 14.0. The normalized spacial score (nSPS) is 9.67. The number of hydrogen-bond acceptors (Lipinski definition) is 3. The van der Waals surface area contributed by atoms with Crippen LogP contribution in [0.5, 0.6) is 5.88 Å². The quantitative estimate of drug-likeness (QED) is 0.407. The molecule has 0 unspecified atom stereocenters. The first-order valence-electron chi connectivity index (χ1n) is 7.57. The topological polar surface area (TPSA) is 41.0 Å². The highest BCUT2D eigenvalue weighted by Gasteiger charge is 2.05. The van der Waals surface area contributed by atoms with Gasteiger partial charge in [0.25, 0.3) is 0 Å². The van der Waals surface area contributed by atoms with E-state index in [2.05, 4.69) is 9.98 Å². The minimum absolute atomic E-state index is 0. The average molecular weight is 440 g/mol. The van der Waals surface area contributed by atoms with Gasteiger partial charge in [-0.05, 0) is 17.2 Å². The van der Waals surface area contributed by atoms with E-state index in [4.69, 9.17) is 4.74 Å². The predicted octanol–water partition coefficient (Wildman–Crippen LogP) is 3.26. The molecule has 2 rings (SSSR count). The van der Waals surface area contributed by atoms with Crippen LogP contribution in [-0.2, 0) is 13.2 Å². The van der Waals surface area contributed by atoms with Crippen molar-refractivity contribution < 1.29 is 4.74 Å². The number of pyridine rings is 1. The largest absolute Gasteiger partial charge is 0.473 e. The van der Waals surface area contributed by atoms with Gasteiger partial charge in [-0.25, -0.2) is 9.98 Å². The van der Waals surface area contributed by atoms with Crippen LogP contribution < -0.4 is 4.74 Å². The number of aliphatic imine (C=N–C) groups is 1. The molecule has 1 aromatic heterocycles. The SMILES string of the molecule is CN(C)C(=NCc1ccnc(OCc2ccccc2)c1)N(C)C.I. The Morgan fingerprint density at radius 3 is 2.29 bits per heavy atom. The first-order valence-corrected chi connectivity index (χ1v) is 7.57. The number of hydrogen-bond donors (Lipinski definition) is 0. The molecule has 0 saturated carbocycles. The lowest BCUT2D eigenvalue weighted by molar-refractivity contribution is 0.293. The molecular formula is C18H25IN4O. The van der Waals surface area contributed by atoms with Crippen molar-refractivity contribution in [2.24, 2.45) is 4.99 Å². The molecule has 0 aliphatic rings. The highest BCUT2D eigenvalue weighted by molar-refractivity contribution is 14.0. The third-order valence-corrected chi connectivity index (χ3v) is 3.23. The molecule has 0 saturated heterocycles. The van der Waals surface area contributed by atoms with E-state index < -0.39 is 0 Å². The molecule has 0 aliphatic carbocycles. The zero-order valence-electron chi connectivity index (χ0n) is 14.6. The minimum atomic E-state index is 0. The Hall–Kier alpha value is -1.83. The lowest BCUT2D eigenvalue weighted by Gasteiger charge is -2.22. The fourth-order valence-electron chi connectivity index (χ4n) is 2.20. The van der Waals surface area contributed by atoms with Gasteiger partial charge in [0.1, 0.15) is 6.61 Å². The van der Waals surface area contributed by atoms with Crippen LogP contribution in [-0.4, -0.2) is 48.9 Å². The summed E-state index contributed by atoms with van der Waals surface area (Å²) >= 11 is 0. The minimum Gasteiger partial charge on any atom is -0.473 e. The number of benzene rings is 1. The summed E-state index contributed by atoms with van der Waals surface area (Å²) in [7, 11) is 7.94. The Morgan fingerprint density at radius 2 is 1.67 bits per heavy atom. The van der Waals surface area contributed by atoms with Gasteiger partial charge in [-0.3, -0.25) is 0 Å². The van der Waals surface area contributed by atoms with Gasteiger partial charge in [0, 0.05) is 40.5 Å². The van der Waals surface area contributed by atoms with Crippen LogP contribution in [0.25, 0.3) is 0 Å².